The van der Waals surface area contributed by atoms with Gasteiger partial charge in [-0.1, -0.05) is 0 Å². The normalized spacial score (nSPS) is 10.6. The highest BCUT2D eigenvalue weighted by Gasteiger charge is 2.07. The second kappa shape index (κ2) is 6.16. The molecule has 0 N–H and O–H groups in total. The number of fused-ring (bicyclic) bond motifs is 1. The van der Waals surface area contributed by atoms with E-state index in [2.05, 4.69) is 9.97 Å². The van der Waals surface area contributed by atoms with Crippen molar-refractivity contribution in [1.29, 1.82) is 0 Å². The van der Waals surface area contributed by atoms with Gasteiger partial charge in [0.05, 0.1) is 24.1 Å². The molecule has 0 saturated carbocycles. The van der Waals surface area contributed by atoms with Crippen LogP contribution >= 0.6 is 0 Å². The molecule has 1 heterocycles. The summed E-state index contributed by atoms with van der Waals surface area (Å²) >= 11 is 0. The van der Waals surface area contributed by atoms with Crippen LogP contribution in [0.1, 0.15) is 6.92 Å². The summed E-state index contributed by atoms with van der Waals surface area (Å²) in [5, 5.41) is 0.887. The van der Waals surface area contributed by atoms with Crippen LogP contribution in [0.25, 0.3) is 10.9 Å². The zero-order chi connectivity index (χ0) is 12.8. The fraction of sp³-hybridized carbons (Fsp3) is 0.385. The maximum atomic E-state index is 5.58. The summed E-state index contributed by atoms with van der Waals surface area (Å²) in [5.41, 5.74) is 0.809. The summed E-state index contributed by atoms with van der Waals surface area (Å²) in [7, 11) is 1.64. The number of benzene rings is 1. The minimum absolute atomic E-state index is 0.499. The fourth-order valence-electron chi connectivity index (χ4n) is 1.63. The molecule has 0 unspecified atom stereocenters. The minimum Gasteiger partial charge on any atom is -0.493 e. The van der Waals surface area contributed by atoms with Gasteiger partial charge in [-0.05, 0) is 6.92 Å². The van der Waals surface area contributed by atoms with Crippen molar-refractivity contribution in [2.75, 3.05) is 26.9 Å². The molecular weight excluding hydrogens is 232 g/mol. The van der Waals surface area contributed by atoms with E-state index in [4.69, 9.17) is 14.2 Å². The Hall–Kier alpha value is -1.88. The molecule has 1 aromatic heterocycles. The van der Waals surface area contributed by atoms with Crippen molar-refractivity contribution in [3.8, 4) is 11.5 Å². The zero-order valence-corrected chi connectivity index (χ0v) is 10.5. The summed E-state index contributed by atoms with van der Waals surface area (Å²) in [6, 6.07) is 3.72. The SMILES string of the molecule is CCOc1cc(OCCOC)cc2ncncc12. The van der Waals surface area contributed by atoms with E-state index in [9.17, 15) is 0 Å². The first-order valence-electron chi connectivity index (χ1n) is 5.83. The lowest BCUT2D eigenvalue weighted by atomic mass is 10.2. The fourth-order valence-corrected chi connectivity index (χ4v) is 1.63. The largest absolute Gasteiger partial charge is 0.493 e. The van der Waals surface area contributed by atoms with Crippen molar-refractivity contribution in [2.45, 2.75) is 6.92 Å². The van der Waals surface area contributed by atoms with Crippen LogP contribution in [-0.2, 0) is 4.74 Å². The average molecular weight is 248 g/mol. The van der Waals surface area contributed by atoms with E-state index in [1.807, 2.05) is 19.1 Å². The molecule has 0 amide bonds. The third kappa shape index (κ3) is 2.87. The third-order valence-electron chi connectivity index (χ3n) is 2.42. The molecule has 0 radical (unpaired) electrons. The standard InChI is InChI=1S/C13H16N2O3/c1-3-17-13-7-10(18-5-4-16-2)6-12-11(13)8-14-9-15-12/h6-9H,3-5H2,1-2H3. The molecule has 2 aromatic rings. The van der Waals surface area contributed by atoms with Crippen molar-refractivity contribution < 1.29 is 14.2 Å². The maximum Gasteiger partial charge on any atom is 0.133 e. The van der Waals surface area contributed by atoms with Gasteiger partial charge in [-0.2, -0.15) is 0 Å². The summed E-state index contributed by atoms with van der Waals surface area (Å²) in [5.74, 6) is 1.46. The van der Waals surface area contributed by atoms with Gasteiger partial charge in [0.15, 0.2) is 0 Å². The number of methoxy groups -OCH3 is 1. The van der Waals surface area contributed by atoms with Crippen molar-refractivity contribution in [1.82, 2.24) is 9.97 Å². The number of nitrogens with zero attached hydrogens (tertiary/aromatic N) is 2. The molecule has 2 rings (SSSR count). The number of aromatic nitrogens is 2. The lowest BCUT2D eigenvalue weighted by Crippen LogP contribution is -2.04. The second-order valence-electron chi connectivity index (χ2n) is 3.65. The van der Waals surface area contributed by atoms with Gasteiger partial charge in [0.1, 0.15) is 24.4 Å². The highest BCUT2D eigenvalue weighted by atomic mass is 16.5. The molecule has 96 valence electrons. The Labute approximate surface area is 106 Å². The van der Waals surface area contributed by atoms with Gasteiger partial charge in [-0.25, -0.2) is 9.97 Å². The first kappa shape index (κ1) is 12.6. The van der Waals surface area contributed by atoms with Crippen molar-refractivity contribution >= 4 is 10.9 Å². The summed E-state index contributed by atoms with van der Waals surface area (Å²) in [4.78, 5) is 8.22. The van der Waals surface area contributed by atoms with Crippen LogP contribution in [0.5, 0.6) is 11.5 Å². The summed E-state index contributed by atoms with van der Waals surface area (Å²) < 4.78 is 16.1. The van der Waals surface area contributed by atoms with Gasteiger partial charge in [0.2, 0.25) is 0 Å². The number of rotatable bonds is 6. The Morgan fingerprint density at radius 3 is 2.83 bits per heavy atom. The quantitative estimate of drug-likeness (QED) is 0.732. The van der Waals surface area contributed by atoms with Gasteiger partial charge in [0, 0.05) is 25.4 Å². The Kier molecular flexibility index (Phi) is 4.30. The van der Waals surface area contributed by atoms with Crippen LogP contribution in [-0.4, -0.2) is 36.9 Å². The molecule has 0 aliphatic rings. The molecule has 0 aliphatic carbocycles. The Morgan fingerprint density at radius 2 is 2.06 bits per heavy atom. The van der Waals surface area contributed by atoms with Crippen LogP contribution in [0.3, 0.4) is 0 Å². The van der Waals surface area contributed by atoms with Gasteiger partial charge in [-0.3, -0.25) is 0 Å². The Morgan fingerprint density at radius 1 is 1.17 bits per heavy atom. The van der Waals surface area contributed by atoms with E-state index in [-0.39, 0.29) is 0 Å². The topological polar surface area (TPSA) is 53.5 Å². The Bertz CT molecular complexity index is 517. The van der Waals surface area contributed by atoms with Crippen molar-refractivity contribution in [2.24, 2.45) is 0 Å². The highest BCUT2D eigenvalue weighted by Crippen LogP contribution is 2.29. The van der Waals surface area contributed by atoms with Crippen LogP contribution in [0.2, 0.25) is 0 Å². The van der Waals surface area contributed by atoms with E-state index in [0.29, 0.717) is 19.8 Å². The lowest BCUT2D eigenvalue weighted by molar-refractivity contribution is 0.146. The van der Waals surface area contributed by atoms with E-state index in [1.54, 1.807) is 13.3 Å². The van der Waals surface area contributed by atoms with Crippen LogP contribution in [0.4, 0.5) is 0 Å². The molecule has 1 aromatic carbocycles. The van der Waals surface area contributed by atoms with Crippen molar-refractivity contribution in [3.05, 3.63) is 24.7 Å². The van der Waals surface area contributed by atoms with E-state index >= 15 is 0 Å². The van der Waals surface area contributed by atoms with Gasteiger partial charge < -0.3 is 14.2 Å². The number of ether oxygens (including phenoxy) is 3. The highest BCUT2D eigenvalue weighted by molar-refractivity contribution is 5.85. The maximum absolute atomic E-state index is 5.58. The van der Waals surface area contributed by atoms with Gasteiger partial charge in [-0.15, -0.1) is 0 Å². The van der Waals surface area contributed by atoms with E-state index in [1.165, 1.54) is 6.33 Å². The van der Waals surface area contributed by atoms with E-state index in [0.717, 1.165) is 22.4 Å². The molecule has 0 saturated heterocycles. The predicted molar refractivity (Wildman–Crippen MR) is 68.1 cm³/mol. The molecule has 0 fully saturated rings. The minimum atomic E-state index is 0.499. The second-order valence-corrected chi connectivity index (χ2v) is 3.65. The summed E-state index contributed by atoms with van der Waals surface area (Å²) in [6.07, 6.45) is 3.25. The van der Waals surface area contributed by atoms with Gasteiger partial charge in [0.25, 0.3) is 0 Å². The smallest absolute Gasteiger partial charge is 0.133 e. The molecule has 5 nitrogen and oxygen atoms in total. The molecule has 0 bridgehead atoms. The molecule has 5 heteroatoms. The molecule has 0 atom stereocenters. The molecule has 0 spiro atoms. The Balaban J connectivity index is 2.31. The average Bonchev–Trinajstić information content (AvgIpc) is 2.39. The summed E-state index contributed by atoms with van der Waals surface area (Å²) in [6.45, 7) is 3.57. The lowest BCUT2D eigenvalue weighted by Gasteiger charge is -2.10. The van der Waals surface area contributed by atoms with E-state index < -0.39 is 0 Å². The molecule has 18 heavy (non-hydrogen) atoms. The first-order valence-corrected chi connectivity index (χ1v) is 5.83. The predicted octanol–water partition coefficient (Wildman–Crippen LogP) is 2.05. The van der Waals surface area contributed by atoms with Crippen molar-refractivity contribution in [3.63, 3.8) is 0 Å². The zero-order valence-electron chi connectivity index (χ0n) is 10.5. The number of hydrogen-bond acceptors (Lipinski definition) is 5. The number of hydrogen-bond donors (Lipinski definition) is 0. The van der Waals surface area contributed by atoms with Crippen LogP contribution < -0.4 is 9.47 Å². The van der Waals surface area contributed by atoms with Crippen LogP contribution in [0, 0.1) is 0 Å². The third-order valence-corrected chi connectivity index (χ3v) is 2.42. The van der Waals surface area contributed by atoms with Crippen LogP contribution in [0.15, 0.2) is 24.7 Å². The van der Waals surface area contributed by atoms with Gasteiger partial charge >= 0.3 is 0 Å². The molecule has 0 aliphatic heterocycles. The monoisotopic (exact) mass is 248 g/mol. The molecular formula is C13H16N2O3. The first-order chi connectivity index (χ1) is 8.85.